The molecule has 6 nitrogen and oxygen atoms in total. The maximum absolute atomic E-state index is 13.5. The van der Waals surface area contributed by atoms with Gasteiger partial charge >= 0.3 is 6.03 Å². The van der Waals surface area contributed by atoms with Gasteiger partial charge in [0.15, 0.2) is 0 Å². The second-order valence-electron chi connectivity index (χ2n) is 12.3. The van der Waals surface area contributed by atoms with Crippen LogP contribution in [-0.2, 0) is 21.6 Å². The van der Waals surface area contributed by atoms with Gasteiger partial charge in [-0.25, -0.2) is 9.69 Å². The van der Waals surface area contributed by atoms with Crippen LogP contribution in [0.3, 0.4) is 0 Å². The molecule has 1 saturated heterocycles. The zero-order valence-electron chi connectivity index (χ0n) is 22.9. The number of carbonyl (C=O) groups excluding carboxylic acids is 3. The van der Waals surface area contributed by atoms with Crippen molar-refractivity contribution in [2.75, 3.05) is 4.90 Å². The van der Waals surface area contributed by atoms with Gasteiger partial charge < -0.3 is 4.74 Å². The van der Waals surface area contributed by atoms with Gasteiger partial charge in [0.1, 0.15) is 17.9 Å². The van der Waals surface area contributed by atoms with Crippen molar-refractivity contribution in [1.29, 1.82) is 0 Å². The van der Waals surface area contributed by atoms with Crippen LogP contribution in [0.15, 0.2) is 72.3 Å². The molecular weight excluding hydrogens is 571 g/mol. The van der Waals surface area contributed by atoms with E-state index < -0.39 is 17.8 Å². The SMILES string of the molecule is O=C1NC(=O)N(c2ccc(C34CC5CC(CC(C5)C3)C4)cc2)C(=O)/C1=C/c1ccc(OCc2ccc(Cl)cc2Cl)cc1. The molecule has 4 saturated carbocycles. The van der Waals surface area contributed by atoms with Crippen LogP contribution >= 0.6 is 23.2 Å². The van der Waals surface area contributed by atoms with Gasteiger partial charge in [0.25, 0.3) is 11.8 Å². The monoisotopic (exact) mass is 600 g/mol. The Bertz CT molecular complexity index is 1580. The van der Waals surface area contributed by atoms with Gasteiger partial charge in [-0.3, -0.25) is 14.9 Å². The van der Waals surface area contributed by atoms with E-state index in [2.05, 4.69) is 17.4 Å². The maximum atomic E-state index is 13.5. The predicted molar refractivity (Wildman–Crippen MR) is 163 cm³/mol. The summed E-state index contributed by atoms with van der Waals surface area (Å²) in [6.45, 7) is 0.260. The fraction of sp³-hybridized carbons (Fsp3) is 0.324. The first-order valence-electron chi connectivity index (χ1n) is 14.5. The first-order chi connectivity index (χ1) is 20.3. The summed E-state index contributed by atoms with van der Waals surface area (Å²) < 4.78 is 5.83. The summed E-state index contributed by atoms with van der Waals surface area (Å²) in [6, 6.07) is 19.3. The summed E-state index contributed by atoms with van der Waals surface area (Å²) in [5, 5.41) is 3.40. The van der Waals surface area contributed by atoms with Crippen LogP contribution in [0.25, 0.3) is 6.08 Å². The van der Waals surface area contributed by atoms with Gasteiger partial charge in [-0.1, -0.05) is 53.5 Å². The molecule has 42 heavy (non-hydrogen) atoms. The minimum Gasteiger partial charge on any atom is -0.489 e. The van der Waals surface area contributed by atoms with Gasteiger partial charge in [-0.2, -0.15) is 0 Å². The van der Waals surface area contributed by atoms with E-state index in [0.717, 1.165) is 28.2 Å². The van der Waals surface area contributed by atoms with E-state index in [4.69, 9.17) is 27.9 Å². The van der Waals surface area contributed by atoms with Gasteiger partial charge in [0.2, 0.25) is 0 Å². The second-order valence-corrected chi connectivity index (χ2v) is 13.1. The number of imide groups is 2. The smallest absolute Gasteiger partial charge is 0.335 e. The molecule has 1 heterocycles. The summed E-state index contributed by atoms with van der Waals surface area (Å²) in [5.74, 6) is 1.71. The third-order valence-corrected chi connectivity index (χ3v) is 10.1. The Morgan fingerprint density at radius 1 is 0.857 bits per heavy atom. The third-order valence-electron chi connectivity index (χ3n) is 9.48. The second kappa shape index (κ2) is 10.6. The quantitative estimate of drug-likeness (QED) is 0.232. The van der Waals surface area contributed by atoms with Crippen molar-refractivity contribution in [3.8, 4) is 5.75 Å². The van der Waals surface area contributed by atoms with Gasteiger partial charge in [-0.05, 0) is 115 Å². The molecule has 3 aromatic rings. The summed E-state index contributed by atoms with van der Waals surface area (Å²) >= 11 is 12.2. The largest absolute Gasteiger partial charge is 0.489 e. The lowest BCUT2D eigenvalue weighted by Gasteiger charge is -2.57. The number of urea groups is 1. The number of rotatable bonds is 6. The molecule has 5 aliphatic rings. The number of amides is 4. The van der Waals surface area contributed by atoms with Crippen LogP contribution < -0.4 is 15.0 Å². The molecule has 8 rings (SSSR count). The van der Waals surface area contributed by atoms with Crippen molar-refractivity contribution in [2.24, 2.45) is 17.8 Å². The highest BCUT2D eigenvalue weighted by atomic mass is 35.5. The predicted octanol–water partition coefficient (Wildman–Crippen LogP) is 7.71. The number of nitrogens with zero attached hydrogens (tertiary/aromatic N) is 1. The number of benzene rings is 3. The number of anilines is 1. The van der Waals surface area contributed by atoms with E-state index >= 15 is 0 Å². The molecule has 1 N–H and O–H groups in total. The summed E-state index contributed by atoms with van der Waals surface area (Å²) in [7, 11) is 0. The molecule has 0 radical (unpaired) electrons. The Labute approximate surface area is 254 Å². The van der Waals surface area contributed by atoms with E-state index in [1.54, 1.807) is 42.5 Å². The number of hydrogen-bond donors (Lipinski definition) is 1. The van der Waals surface area contributed by atoms with Crippen molar-refractivity contribution < 1.29 is 19.1 Å². The Morgan fingerprint density at radius 3 is 2.12 bits per heavy atom. The minimum absolute atomic E-state index is 0.110. The number of barbiturate groups is 1. The van der Waals surface area contributed by atoms with Crippen LogP contribution in [0, 0.1) is 17.8 Å². The molecule has 4 bridgehead atoms. The highest BCUT2D eigenvalue weighted by Gasteiger charge is 2.51. The minimum atomic E-state index is -0.741. The van der Waals surface area contributed by atoms with Crippen LogP contribution in [-0.4, -0.2) is 17.8 Å². The fourth-order valence-electron chi connectivity index (χ4n) is 7.95. The zero-order valence-corrected chi connectivity index (χ0v) is 24.5. The number of ether oxygens (including phenoxy) is 1. The van der Waals surface area contributed by atoms with Gasteiger partial charge in [0, 0.05) is 15.6 Å². The van der Waals surface area contributed by atoms with Gasteiger partial charge in [-0.15, -0.1) is 0 Å². The van der Waals surface area contributed by atoms with Crippen molar-refractivity contribution in [3.05, 3.63) is 99.0 Å². The molecule has 4 aliphatic carbocycles. The lowest BCUT2D eigenvalue weighted by atomic mass is 9.48. The average molecular weight is 602 g/mol. The van der Waals surface area contributed by atoms with E-state index in [9.17, 15) is 14.4 Å². The standard InChI is InChI=1S/C34H30Cl2N2O4/c35-26-6-3-24(30(36)15-26)19-42-28-9-1-20(2-10-28)14-29-31(39)37-33(41)38(32(29)40)27-7-4-25(5-8-27)34-16-21-11-22(17-34)13-23(12-21)18-34/h1-10,14-15,21-23H,11-13,16-19H2,(H,37,39,41)/b29-14+. The normalized spacial score (nSPS) is 27.5. The molecule has 8 heteroatoms. The summed E-state index contributed by atoms with van der Waals surface area (Å²) in [6.07, 6.45) is 9.32. The first-order valence-corrected chi connectivity index (χ1v) is 15.2. The number of hydrogen-bond acceptors (Lipinski definition) is 4. The molecule has 214 valence electrons. The van der Waals surface area contributed by atoms with Crippen molar-refractivity contribution in [1.82, 2.24) is 5.32 Å². The zero-order chi connectivity index (χ0) is 29.0. The summed E-state index contributed by atoms with van der Waals surface area (Å²) in [4.78, 5) is 40.0. The third kappa shape index (κ3) is 5.01. The number of carbonyl (C=O) groups is 3. The van der Waals surface area contributed by atoms with E-state index in [1.807, 2.05) is 12.1 Å². The van der Waals surface area contributed by atoms with E-state index in [0.29, 0.717) is 27.0 Å². The highest BCUT2D eigenvalue weighted by molar-refractivity contribution is 6.39. The maximum Gasteiger partial charge on any atom is 0.335 e. The van der Waals surface area contributed by atoms with E-state index in [-0.39, 0.29) is 17.6 Å². The lowest BCUT2D eigenvalue weighted by molar-refractivity contribution is -0.122. The Kier molecular flexibility index (Phi) is 6.87. The Morgan fingerprint density at radius 2 is 1.50 bits per heavy atom. The molecule has 4 amide bonds. The van der Waals surface area contributed by atoms with Crippen molar-refractivity contribution >= 4 is 52.8 Å². The lowest BCUT2D eigenvalue weighted by Crippen LogP contribution is -2.54. The molecular formula is C34H30Cl2N2O4. The number of nitrogens with one attached hydrogen (secondary N) is 1. The first kappa shape index (κ1) is 27.2. The van der Waals surface area contributed by atoms with Crippen LogP contribution in [0.2, 0.25) is 10.0 Å². The Balaban J connectivity index is 1.07. The van der Waals surface area contributed by atoms with E-state index in [1.165, 1.54) is 50.2 Å². The molecule has 0 atom stereocenters. The molecule has 5 fully saturated rings. The summed E-state index contributed by atoms with van der Waals surface area (Å²) in [5.41, 5.74) is 3.29. The van der Waals surface area contributed by atoms with Crippen molar-refractivity contribution in [2.45, 2.75) is 50.5 Å². The average Bonchev–Trinajstić information content (AvgIpc) is 2.95. The highest BCUT2D eigenvalue weighted by Crippen LogP contribution is 2.60. The van der Waals surface area contributed by atoms with Crippen LogP contribution in [0.4, 0.5) is 10.5 Å². The fourth-order valence-corrected chi connectivity index (χ4v) is 8.41. The molecule has 1 aliphatic heterocycles. The molecule has 0 unspecified atom stereocenters. The Hall–Kier alpha value is -3.61. The van der Waals surface area contributed by atoms with Gasteiger partial charge in [0.05, 0.1) is 5.69 Å². The van der Waals surface area contributed by atoms with Crippen LogP contribution in [0.1, 0.15) is 55.2 Å². The number of halogens is 2. The molecule has 3 aromatic carbocycles. The van der Waals surface area contributed by atoms with Crippen molar-refractivity contribution in [3.63, 3.8) is 0 Å². The topological polar surface area (TPSA) is 75.7 Å². The van der Waals surface area contributed by atoms with Crippen LogP contribution in [0.5, 0.6) is 5.75 Å². The molecule has 0 aromatic heterocycles. The molecule has 0 spiro atoms.